The van der Waals surface area contributed by atoms with Crippen LogP contribution in [0.1, 0.15) is 26.3 Å². The fourth-order valence-electron chi connectivity index (χ4n) is 1.28. The van der Waals surface area contributed by atoms with Crippen molar-refractivity contribution < 1.29 is 9.53 Å². The number of nitrogens with one attached hydrogen (secondary N) is 1. The number of thioether (sulfide) groups is 1. The van der Waals surface area contributed by atoms with E-state index in [1.54, 1.807) is 0 Å². The lowest BCUT2D eigenvalue weighted by Crippen LogP contribution is -2.27. The van der Waals surface area contributed by atoms with Gasteiger partial charge in [0, 0.05) is 17.0 Å². The van der Waals surface area contributed by atoms with Crippen molar-refractivity contribution in [1.82, 2.24) is 5.32 Å². The summed E-state index contributed by atoms with van der Waals surface area (Å²) in [6.07, 6.45) is -0.353. The molecule has 0 spiro atoms. The van der Waals surface area contributed by atoms with Gasteiger partial charge in [-0.3, -0.25) is 0 Å². The summed E-state index contributed by atoms with van der Waals surface area (Å²) < 4.78 is 5.33. The summed E-state index contributed by atoms with van der Waals surface area (Å²) in [5.74, 6) is 0.893. The number of benzene rings is 1. The third-order valence-electron chi connectivity index (χ3n) is 2.12. The van der Waals surface area contributed by atoms with E-state index >= 15 is 0 Å². The number of alkyl carbamates (subject to hydrolysis) is 1. The van der Waals surface area contributed by atoms with Crippen LogP contribution in [0.25, 0.3) is 0 Å². The molecule has 0 aliphatic rings. The number of carbonyl (C=O) groups is 1. The average Bonchev–Trinajstić information content (AvgIpc) is 2.32. The van der Waals surface area contributed by atoms with Crippen molar-refractivity contribution in [2.24, 2.45) is 0 Å². The maximum Gasteiger partial charge on any atom is 0.407 e. The molecular formula is C14H21NO2S. The minimum Gasteiger partial charge on any atom is -0.445 e. The molecule has 0 saturated heterocycles. The van der Waals surface area contributed by atoms with Crippen LogP contribution in [0.5, 0.6) is 0 Å². The predicted molar refractivity (Wildman–Crippen MR) is 76.8 cm³/mol. The van der Waals surface area contributed by atoms with E-state index in [-0.39, 0.29) is 10.8 Å². The number of rotatable bonds is 5. The molecule has 0 bridgehead atoms. The van der Waals surface area contributed by atoms with Gasteiger partial charge in [0.25, 0.3) is 0 Å². The highest BCUT2D eigenvalue weighted by atomic mass is 32.2. The molecule has 0 saturated carbocycles. The number of amides is 1. The smallest absolute Gasteiger partial charge is 0.407 e. The monoisotopic (exact) mass is 267 g/mol. The van der Waals surface area contributed by atoms with Crippen molar-refractivity contribution in [2.45, 2.75) is 32.1 Å². The van der Waals surface area contributed by atoms with E-state index < -0.39 is 0 Å². The van der Waals surface area contributed by atoms with Crippen molar-refractivity contribution in [3.05, 3.63) is 35.9 Å². The van der Waals surface area contributed by atoms with Crippen molar-refractivity contribution in [2.75, 3.05) is 12.3 Å². The molecule has 0 unspecified atom stereocenters. The van der Waals surface area contributed by atoms with Gasteiger partial charge >= 0.3 is 6.09 Å². The van der Waals surface area contributed by atoms with Gasteiger partial charge in [0.2, 0.25) is 0 Å². The van der Waals surface area contributed by atoms with Crippen LogP contribution in [-0.4, -0.2) is 23.1 Å². The van der Waals surface area contributed by atoms with Crippen molar-refractivity contribution in [1.29, 1.82) is 0 Å². The Kier molecular flexibility index (Phi) is 6.05. The minimum absolute atomic E-state index is 0.232. The summed E-state index contributed by atoms with van der Waals surface area (Å²) in [6, 6.07) is 9.66. The van der Waals surface area contributed by atoms with Crippen LogP contribution >= 0.6 is 11.8 Å². The van der Waals surface area contributed by atoms with Crippen LogP contribution in [0.2, 0.25) is 0 Å². The second-order valence-electron chi connectivity index (χ2n) is 4.95. The second-order valence-corrected chi connectivity index (χ2v) is 6.87. The molecule has 0 aromatic heterocycles. The first-order chi connectivity index (χ1) is 8.47. The van der Waals surface area contributed by atoms with Gasteiger partial charge in [-0.05, 0) is 5.56 Å². The van der Waals surface area contributed by atoms with Crippen LogP contribution in [-0.2, 0) is 11.3 Å². The van der Waals surface area contributed by atoms with Gasteiger partial charge in [-0.2, -0.15) is 11.8 Å². The molecule has 1 amide bonds. The van der Waals surface area contributed by atoms with Gasteiger partial charge in [-0.25, -0.2) is 4.79 Å². The Hall–Kier alpha value is -1.16. The van der Waals surface area contributed by atoms with Crippen LogP contribution < -0.4 is 5.32 Å². The molecule has 1 N–H and O–H groups in total. The number of hydrogen-bond acceptors (Lipinski definition) is 3. The Morgan fingerprint density at radius 2 is 1.94 bits per heavy atom. The molecule has 1 aromatic rings. The third-order valence-corrected chi connectivity index (χ3v) is 3.39. The zero-order valence-electron chi connectivity index (χ0n) is 11.2. The zero-order chi connectivity index (χ0) is 13.4. The summed E-state index contributed by atoms with van der Waals surface area (Å²) in [4.78, 5) is 11.4. The molecule has 0 aliphatic heterocycles. The summed E-state index contributed by atoms with van der Waals surface area (Å²) in [7, 11) is 0. The van der Waals surface area contributed by atoms with E-state index in [2.05, 4.69) is 26.1 Å². The molecule has 4 heteroatoms. The lowest BCUT2D eigenvalue weighted by atomic mass is 10.2. The first kappa shape index (κ1) is 14.9. The summed E-state index contributed by atoms with van der Waals surface area (Å²) >= 11 is 1.82. The number of ether oxygens (including phenoxy) is 1. The van der Waals surface area contributed by atoms with Crippen molar-refractivity contribution >= 4 is 17.9 Å². The summed E-state index contributed by atoms with van der Waals surface area (Å²) in [6.45, 7) is 7.43. The van der Waals surface area contributed by atoms with E-state index in [0.717, 1.165) is 11.3 Å². The third kappa shape index (κ3) is 7.22. The highest BCUT2D eigenvalue weighted by molar-refractivity contribution is 8.00. The lowest BCUT2D eigenvalue weighted by molar-refractivity contribution is 0.140. The molecule has 0 aliphatic carbocycles. The molecule has 18 heavy (non-hydrogen) atoms. The first-order valence-corrected chi connectivity index (χ1v) is 7.04. The fourth-order valence-corrected chi connectivity index (χ4v) is 2.10. The second kappa shape index (κ2) is 7.31. The Morgan fingerprint density at radius 1 is 1.28 bits per heavy atom. The van der Waals surface area contributed by atoms with E-state index in [1.165, 1.54) is 0 Å². The Labute approximate surface area is 113 Å². The maximum absolute atomic E-state index is 11.4. The van der Waals surface area contributed by atoms with E-state index in [4.69, 9.17) is 4.74 Å². The number of carbonyl (C=O) groups excluding carboxylic acids is 1. The largest absolute Gasteiger partial charge is 0.445 e. The quantitative estimate of drug-likeness (QED) is 0.830. The normalized spacial score (nSPS) is 11.1. The van der Waals surface area contributed by atoms with Gasteiger partial charge in [-0.15, -0.1) is 0 Å². The van der Waals surface area contributed by atoms with Crippen molar-refractivity contribution in [3.8, 4) is 0 Å². The molecular weight excluding hydrogens is 246 g/mol. The molecule has 100 valence electrons. The fraction of sp³-hybridized carbons (Fsp3) is 0.500. The van der Waals surface area contributed by atoms with Gasteiger partial charge in [0.1, 0.15) is 6.61 Å². The number of hydrogen-bond donors (Lipinski definition) is 1. The predicted octanol–water partition coefficient (Wildman–Crippen LogP) is 3.44. The standard InChI is InChI=1S/C14H21NO2S/c1-14(2,3)18-10-9-15-13(16)17-11-12-7-5-4-6-8-12/h4-8H,9-11H2,1-3H3,(H,15,16). The summed E-state index contributed by atoms with van der Waals surface area (Å²) in [5, 5.41) is 2.74. The molecule has 3 nitrogen and oxygen atoms in total. The van der Waals surface area contributed by atoms with Gasteiger partial charge in [-0.1, -0.05) is 51.1 Å². The van der Waals surface area contributed by atoms with E-state index in [0.29, 0.717) is 13.2 Å². The zero-order valence-corrected chi connectivity index (χ0v) is 12.0. The van der Waals surface area contributed by atoms with Crippen molar-refractivity contribution in [3.63, 3.8) is 0 Å². The molecule has 0 fully saturated rings. The lowest BCUT2D eigenvalue weighted by Gasteiger charge is -2.17. The van der Waals surface area contributed by atoms with Gasteiger partial charge < -0.3 is 10.1 Å². The van der Waals surface area contributed by atoms with Crippen LogP contribution in [0.4, 0.5) is 4.79 Å². The first-order valence-electron chi connectivity index (χ1n) is 6.06. The van der Waals surface area contributed by atoms with Gasteiger partial charge in [0.05, 0.1) is 0 Å². The van der Waals surface area contributed by atoms with Crippen LogP contribution in [0.3, 0.4) is 0 Å². The Morgan fingerprint density at radius 3 is 2.56 bits per heavy atom. The summed E-state index contributed by atoms with van der Waals surface area (Å²) in [5.41, 5.74) is 0.997. The molecule has 0 radical (unpaired) electrons. The van der Waals surface area contributed by atoms with Gasteiger partial charge in [0.15, 0.2) is 0 Å². The molecule has 1 aromatic carbocycles. The minimum atomic E-state index is -0.353. The Bertz CT molecular complexity index is 360. The van der Waals surface area contributed by atoms with E-state index in [1.807, 2.05) is 42.1 Å². The highest BCUT2D eigenvalue weighted by Gasteiger charge is 2.10. The Balaban J connectivity index is 2.11. The van der Waals surface area contributed by atoms with Crippen LogP contribution in [0.15, 0.2) is 30.3 Å². The average molecular weight is 267 g/mol. The molecule has 0 heterocycles. The molecule has 0 atom stereocenters. The highest BCUT2D eigenvalue weighted by Crippen LogP contribution is 2.21. The van der Waals surface area contributed by atoms with E-state index in [9.17, 15) is 4.79 Å². The topological polar surface area (TPSA) is 38.3 Å². The molecule has 1 rings (SSSR count). The maximum atomic E-state index is 11.4. The SMILES string of the molecule is CC(C)(C)SCCNC(=O)OCc1ccccc1. The van der Waals surface area contributed by atoms with Crippen LogP contribution in [0, 0.1) is 0 Å².